The number of aromatic nitrogens is 2. The fraction of sp³-hybridized carbons (Fsp3) is 0.250. The summed E-state index contributed by atoms with van der Waals surface area (Å²) in [7, 11) is 0. The van der Waals surface area contributed by atoms with Crippen LogP contribution < -0.4 is 5.32 Å². The maximum absolute atomic E-state index is 9.48. The van der Waals surface area contributed by atoms with Gasteiger partial charge in [0.25, 0.3) is 0 Å². The number of hydrogen-bond donors (Lipinski definition) is 2. The van der Waals surface area contributed by atoms with Crippen LogP contribution in [0.3, 0.4) is 0 Å². The Bertz CT molecular complexity index is 799. The van der Waals surface area contributed by atoms with E-state index in [1.807, 2.05) is 38.1 Å². The predicted octanol–water partition coefficient (Wildman–Crippen LogP) is 4.19. The summed E-state index contributed by atoms with van der Waals surface area (Å²) in [6.45, 7) is 3.86. The van der Waals surface area contributed by atoms with Gasteiger partial charge in [-0.15, -0.1) is 11.3 Å². The van der Waals surface area contributed by atoms with Gasteiger partial charge in [0.15, 0.2) is 0 Å². The molecule has 1 aromatic carbocycles. The van der Waals surface area contributed by atoms with Gasteiger partial charge in [0.2, 0.25) is 0 Å². The van der Waals surface area contributed by atoms with Crippen molar-refractivity contribution in [3.63, 3.8) is 0 Å². The third kappa shape index (κ3) is 2.92. The van der Waals surface area contributed by atoms with Gasteiger partial charge in [0.1, 0.15) is 17.0 Å². The van der Waals surface area contributed by atoms with E-state index in [4.69, 9.17) is 11.6 Å². The monoisotopic (exact) mass is 333 g/mol. The minimum atomic E-state index is -0.458. The number of aliphatic hydroxyl groups is 1. The van der Waals surface area contributed by atoms with Crippen molar-refractivity contribution in [1.82, 2.24) is 9.97 Å². The van der Waals surface area contributed by atoms with E-state index in [0.29, 0.717) is 5.02 Å². The summed E-state index contributed by atoms with van der Waals surface area (Å²) in [4.78, 5) is 9.62. The lowest BCUT2D eigenvalue weighted by atomic mass is 10.0. The van der Waals surface area contributed by atoms with E-state index in [0.717, 1.165) is 27.2 Å². The van der Waals surface area contributed by atoms with Crippen LogP contribution in [-0.2, 0) is 0 Å². The minimum Gasteiger partial charge on any atom is -0.394 e. The zero-order valence-electron chi connectivity index (χ0n) is 12.3. The lowest BCUT2D eigenvalue weighted by molar-refractivity contribution is 0.234. The Morgan fingerprint density at radius 1 is 1.23 bits per heavy atom. The van der Waals surface area contributed by atoms with Crippen LogP contribution in [0.5, 0.6) is 0 Å². The number of nitrogens with zero attached hydrogens (tertiary/aromatic N) is 2. The third-order valence-corrected chi connectivity index (χ3v) is 4.52. The molecule has 0 saturated carbocycles. The molecule has 0 unspecified atom stereocenters. The molecule has 6 heteroatoms. The van der Waals surface area contributed by atoms with Crippen molar-refractivity contribution in [2.45, 2.75) is 19.4 Å². The molecule has 0 amide bonds. The van der Waals surface area contributed by atoms with Gasteiger partial charge in [0.05, 0.1) is 17.5 Å². The maximum atomic E-state index is 9.48. The van der Waals surface area contributed by atoms with E-state index in [-0.39, 0.29) is 6.61 Å². The normalized spacial score (nSPS) is 11.8. The molecule has 0 spiro atoms. The summed E-state index contributed by atoms with van der Waals surface area (Å²) < 4.78 is 0. The summed E-state index contributed by atoms with van der Waals surface area (Å²) in [5.74, 6) is 0.732. The number of fused-ring (bicyclic) bond motifs is 1. The average molecular weight is 334 g/mol. The van der Waals surface area contributed by atoms with E-state index in [2.05, 4.69) is 20.7 Å². The van der Waals surface area contributed by atoms with Crippen molar-refractivity contribution in [2.24, 2.45) is 0 Å². The number of benzene rings is 1. The Balaban J connectivity index is 2.14. The second kappa shape index (κ2) is 5.83. The Morgan fingerprint density at radius 3 is 2.64 bits per heavy atom. The van der Waals surface area contributed by atoms with Gasteiger partial charge < -0.3 is 10.4 Å². The highest BCUT2D eigenvalue weighted by molar-refractivity contribution is 7.17. The molecule has 0 fully saturated rings. The summed E-state index contributed by atoms with van der Waals surface area (Å²) in [6, 6.07) is 7.71. The Kier molecular flexibility index (Phi) is 4.04. The van der Waals surface area contributed by atoms with Crippen molar-refractivity contribution < 1.29 is 5.11 Å². The molecule has 0 aliphatic rings. The second-order valence-corrected chi connectivity index (χ2v) is 7.02. The molecule has 0 aliphatic heterocycles. The van der Waals surface area contributed by atoms with Crippen molar-refractivity contribution in [2.75, 3.05) is 11.9 Å². The van der Waals surface area contributed by atoms with E-state index < -0.39 is 5.54 Å². The zero-order valence-corrected chi connectivity index (χ0v) is 13.9. The van der Waals surface area contributed by atoms with Gasteiger partial charge in [-0.05, 0) is 31.5 Å². The average Bonchev–Trinajstić information content (AvgIpc) is 2.93. The molecule has 22 heavy (non-hydrogen) atoms. The van der Waals surface area contributed by atoms with Gasteiger partial charge in [-0.25, -0.2) is 9.97 Å². The molecule has 3 rings (SSSR count). The molecule has 4 nitrogen and oxygen atoms in total. The van der Waals surface area contributed by atoms with Gasteiger partial charge in [-0.3, -0.25) is 0 Å². The molecule has 0 aliphatic carbocycles. The Labute approximate surface area is 137 Å². The van der Waals surface area contributed by atoms with Crippen LogP contribution in [0.1, 0.15) is 13.8 Å². The molecular weight excluding hydrogens is 318 g/mol. The topological polar surface area (TPSA) is 58.0 Å². The van der Waals surface area contributed by atoms with Gasteiger partial charge in [-0.2, -0.15) is 0 Å². The van der Waals surface area contributed by atoms with Crippen molar-refractivity contribution >= 4 is 39.0 Å². The van der Waals surface area contributed by atoms with Gasteiger partial charge in [0, 0.05) is 16.0 Å². The lowest BCUT2D eigenvalue weighted by Gasteiger charge is -2.24. The van der Waals surface area contributed by atoms with Crippen LogP contribution in [0, 0.1) is 0 Å². The highest BCUT2D eigenvalue weighted by atomic mass is 35.5. The molecule has 0 radical (unpaired) electrons. The first-order chi connectivity index (χ1) is 10.5. The summed E-state index contributed by atoms with van der Waals surface area (Å²) >= 11 is 7.54. The molecule has 114 valence electrons. The molecule has 2 aromatic heterocycles. The number of halogens is 1. The smallest absolute Gasteiger partial charge is 0.139 e. The summed E-state index contributed by atoms with van der Waals surface area (Å²) in [5, 5.41) is 16.5. The molecule has 2 N–H and O–H groups in total. The van der Waals surface area contributed by atoms with Crippen molar-refractivity contribution in [1.29, 1.82) is 0 Å². The van der Waals surface area contributed by atoms with Gasteiger partial charge >= 0.3 is 0 Å². The third-order valence-electron chi connectivity index (χ3n) is 3.38. The highest BCUT2D eigenvalue weighted by Gasteiger charge is 2.20. The first-order valence-corrected chi connectivity index (χ1v) is 8.13. The Hall–Kier alpha value is -1.69. The van der Waals surface area contributed by atoms with Crippen LogP contribution in [-0.4, -0.2) is 27.2 Å². The van der Waals surface area contributed by atoms with Crippen LogP contribution in [0.25, 0.3) is 21.3 Å². The fourth-order valence-corrected chi connectivity index (χ4v) is 3.21. The molecule has 3 aromatic rings. The van der Waals surface area contributed by atoms with E-state index in [1.54, 1.807) is 17.7 Å². The van der Waals surface area contributed by atoms with Crippen molar-refractivity contribution in [3.05, 3.63) is 41.0 Å². The molecule has 0 bridgehead atoms. The number of aliphatic hydroxyl groups excluding tert-OH is 1. The number of anilines is 1. The maximum Gasteiger partial charge on any atom is 0.139 e. The second-order valence-electron chi connectivity index (χ2n) is 5.73. The predicted molar refractivity (Wildman–Crippen MR) is 92.6 cm³/mol. The van der Waals surface area contributed by atoms with Crippen LogP contribution in [0.4, 0.5) is 5.82 Å². The quantitative estimate of drug-likeness (QED) is 0.751. The van der Waals surface area contributed by atoms with Crippen LogP contribution in [0.15, 0.2) is 36.0 Å². The first-order valence-electron chi connectivity index (χ1n) is 6.87. The lowest BCUT2D eigenvalue weighted by Crippen LogP contribution is -2.35. The van der Waals surface area contributed by atoms with E-state index in [1.165, 1.54) is 0 Å². The summed E-state index contributed by atoms with van der Waals surface area (Å²) in [6.07, 6.45) is 1.54. The zero-order chi connectivity index (χ0) is 15.7. The van der Waals surface area contributed by atoms with E-state index >= 15 is 0 Å². The minimum absolute atomic E-state index is 0.0128. The number of thiophene rings is 1. The first kappa shape index (κ1) is 15.2. The summed E-state index contributed by atoms with van der Waals surface area (Å²) in [5.41, 5.74) is 1.67. The SMILES string of the molecule is CC(C)(CO)Nc1ncnc2scc(-c3ccc(Cl)cc3)c12. The Morgan fingerprint density at radius 2 is 1.95 bits per heavy atom. The molecular formula is C16H16ClN3OS. The van der Waals surface area contributed by atoms with Crippen molar-refractivity contribution in [3.8, 4) is 11.1 Å². The molecule has 2 heterocycles. The number of hydrogen-bond acceptors (Lipinski definition) is 5. The number of rotatable bonds is 4. The highest BCUT2D eigenvalue weighted by Crippen LogP contribution is 2.37. The molecule has 0 saturated heterocycles. The standard InChI is InChI=1S/C16H16ClN3OS/c1-16(2,8-21)20-14-13-12(7-22-15(13)19-9-18-14)10-3-5-11(17)6-4-10/h3-7,9,21H,8H2,1-2H3,(H,18,19,20). The molecule has 0 atom stereocenters. The number of nitrogens with one attached hydrogen (secondary N) is 1. The van der Waals surface area contributed by atoms with Crippen LogP contribution >= 0.6 is 22.9 Å². The van der Waals surface area contributed by atoms with E-state index in [9.17, 15) is 5.11 Å². The van der Waals surface area contributed by atoms with Gasteiger partial charge in [-0.1, -0.05) is 23.7 Å². The van der Waals surface area contributed by atoms with Crippen LogP contribution in [0.2, 0.25) is 5.02 Å². The largest absolute Gasteiger partial charge is 0.394 e. The fourth-order valence-electron chi connectivity index (χ4n) is 2.17.